The van der Waals surface area contributed by atoms with E-state index in [1.165, 1.54) is 6.07 Å². The van der Waals surface area contributed by atoms with Crippen molar-refractivity contribution in [2.45, 2.75) is 26.4 Å². The zero-order chi connectivity index (χ0) is 14.6. The average molecular weight is 333 g/mol. The van der Waals surface area contributed by atoms with Crippen LogP contribution in [0.5, 0.6) is 0 Å². The summed E-state index contributed by atoms with van der Waals surface area (Å²) in [5.74, 6) is -1.29. The monoisotopic (exact) mass is 332 g/mol. The van der Waals surface area contributed by atoms with E-state index in [0.717, 1.165) is 0 Å². The van der Waals surface area contributed by atoms with E-state index in [0.29, 0.717) is 23.1 Å². The molecule has 1 rings (SSSR count). The molecule has 0 aliphatic carbocycles. The molecule has 1 aromatic rings. The summed E-state index contributed by atoms with van der Waals surface area (Å²) in [5.41, 5.74) is 5.39. The van der Waals surface area contributed by atoms with Crippen LogP contribution in [0.25, 0.3) is 0 Å². The summed E-state index contributed by atoms with van der Waals surface area (Å²) in [5, 5.41) is 12.3. The van der Waals surface area contributed by atoms with Gasteiger partial charge >= 0.3 is 0 Å². The van der Waals surface area contributed by atoms with Gasteiger partial charge in [0.15, 0.2) is 0 Å². The second kappa shape index (κ2) is 6.86. The van der Waals surface area contributed by atoms with E-state index in [1.54, 1.807) is 13.0 Å². The number of halogens is 2. The van der Waals surface area contributed by atoms with E-state index in [1.807, 2.05) is 6.92 Å². The maximum Gasteiger partial charge on any atom is 0.253 e. The number of aliphatic hydroxyl groups is 1. The minimum atomic E-state index is -0.810. The van der Waals surface area contributed by atoms with Gasteiger partial charge in [-0.05, 0) is 31.4 Å². The molecule has 0 spiro atoms. The molecule has 106 valence electrons. The summed E-state index contributed by atoms with van der Waals surface area (Å²) in [6.45, 7) is 4.18. The molecule has 0 aliphatic rings. The smallest absolute Gasteiger partial charge is 0.253 e. The number of carbonyl (C=O) groups is 1. The highest BCUT2D eigenvalue weighted by atomic mass is 79.9. The third kappa shape index (κ3) is 4.80. The van der Waals surface area contributed by atoms with Crippen molar-refractivity contribution in [1.29, 1.82) is 0 Å². The minimum Gasteiger partial charge on any atom is -0.393 e. The molecule has 0 unspecified atom stereocenters. The highest BCUT2D eigenvalue weighted by Gasteiger charge is 2.16. The van der Waals surface area contributed by atoms with Crippen molar-refractivity contribution in [3.8, 4) is 0 Å². The third-order valence-corrected chi connectivity index (χ3v) is 3.14. The SMILES string of the molecule is C[C@@H](CNc1cc(Br)cc(F)c1C(N)=O)C[C@H](C)O. The fraction of sp³-hybridized carbons (Fsp3) is 0.462. The summed E-state index contributed by atoms with van der Waals surface area (Å²) in [6.07, 6.45) is 0.224. The lowest BCUT2D eigenvalue weighted by Gasteiger charge is -2.17. The van der Waals surface area contributed by atoms with Crippen LogP contribution in [0.4, 0.5) is 10.1 Å². The predicted molar refractivity (Wildman–Crippen MR) is 76.6 cm³/mol. The molecule has 0 fully saturated rings. The van der Waals surface area contributed by atoms with Gasteiger partial charge in [-0.25, -0.2) is 4.39 Å². The van der Waals surface area contributed by atoms with Gasteiger partial charge in [-0.2, -0.15) is 0 Å². The van der Waals surface area contributed by atoms with Crippen LogP contribution < -0.4 is 11.1 Å². The highest BCUT2D eigenvalue weighted by Crippen LogP contribution is 2.25. The first-order chi connectivity index (χ1) is 8.81. The largest absolute Gasteiger partial charge is 0.393 e. The maximum absolute atomic E-state index is 13.7. The van der Waals surface area contributed by atoms with Crippen LogP contribution in [0.3, 0.4) is 0 Å². The van der Waals surface area contributed by atoms with Crippen LogP contribution >= 0.6 is 15.9 Å². The number of nitrogens with two attached hydrogens (primary N) is 1. The highest BCUT2D eigenvalue weighted by molar-refractivity contribution is 9.10. The number of rotatable bonds is 6. The van der Waals surface area contributed by atoms with Crippen molar-refractivity contribution in [3.63, 3.8) is 0 Å². The molecule has 19 heavy (non-hydrogen) atoms. The number of anilines is 1. The molecule has 6 heteroatoms. The summed E-state index contributed by atoms with van der Waals surface area (Å²) in [7, 11) is 0. The number of hydrogen-bond acceptors (Lipinski definition) is 3. The van der Waals surface area contributed by atoms with E-state index in [9.17, 15) is 14.3 Å². The number of aliphatic hydroxyl groups excluding tert-OH is 1. The van der Waals surface area contributed by atoms with Crippen LogP contribution in [0.15, 0.2) is 16.6 Å². The van der Waals surface area contributed by atoms with E-state index in [4.69, 9.17) is 5.73 Å². The minimum absolute atomic E-state index is 0.146. The van der Waals surface area contributed by atoms with Crippen molar-refractivity contribution in [3.05, 3.63) is 28.0 Å². The lowest BCUT2D eigenvalue weighted by Crippen LogP contribution is -2.20. The fourth-order valence-corrected chi connectivity index (χ4v) is 2.34. The number of nitrogens with one attached hydrogen (secondary N) is 1. The first-order valence-corrected chi connectivity index (χ1v) is 6.81. The normalized spacial score (nSPS) is 13.9. The van der Waals surface area contributed by atoms with Gasteiger partial charge < -0.3 is 16.2 Å². The molecular weight excluding hydrogens is 315 g/mol. The Labute approximate surface area is 120 Å². The Hall–Kier alpha value is -1.14. The van der Waals surface area contributed by atoms with Gasteiger partial charge in [0.25, 0.3) is 5.91 Å². The first kappa shape index (κ1) is 15.9. The van der Waals surface area contributed by atoms with Crippen LogP contribution in [0.1, 0.15) is 30.6 Å². The molecule has 0 aromatic heterocycles. The van der Waals surface area contributed by atoms with Crippen LogP contribution in [-0.4, -0.2) is 23.7 Å². The molecule has 0 saturated heterocycles. The Morgan fingerprint density at radius 3 is 2.68 bits per heavy atom. The van der Waals surface area contributed by atoms with Crippen molar-refractivity contribution in [1.82, 2.24) is 0 Å². The zero-order valence-corrected chi connectivity index (χ0v) is 12.5. The quantitative estimate of drug-likeness (QED) is 0.749. The summed E-state index contributed by atoms with van der Waals surface area (Å²) < 4.78 is 14.2. The van der Waals surface area contributed by atoms with Gasteiger partial charge in [-0.3, -0.25) is 4.79 Å². The zero-order valence-electron chi connectivity index (χ0n) is 10.9. The van der Waals surface area contributed by atoms with E-state index >= 15 is 0 Å². The topological polar surface area (TPSA) is 75.3 Å². The van der Waals surface area contributed by atoms with Crippen LogP contribution in [0, 0.1) is 11.7 Å². The number of primary amides is 1. The van der Waals surface area contributed by atoms with E-state index < -0.39 is 17.8 Å². The van der Waals surface area contributed by atoms with E-state index in [-0.39, 0.29) is 11.5 Å². The Morgan fingerprint density at radius 2 is 2.16 bits per heavy atom. The Bertz CT molecular complexity index is 466. The number of amides is 1. The molecule has 0 heterocycles. The maximum atomic E-state index is 13.7. The van der Waals surface area contributed by atoms with Gasteiger partial charge in [0.2, 0.25) is 0 Å². The molecule has 0 aliphatic heterocycles. The van der Waals surface area contributed by atoms with Crippen molar-refractivity contribution < 1.29 is 14.3 Å². The number of benzene rings is 1. The van der Waals surface area contributed by atoms with Gasteiger partial charge in [0.1, 0.15) is 5.82 Å². The summed E-state index contributed by atoms with van der Waals surface area (Å²) >= 11 is 3.17. The van der Waals surface area contributed by atoms with Gasteiger partial charge in [0, 0.05) is 11.0 Å². The predicted octanol–water partition coefficient (Wildman–Crippen LogP) is 2.51. The lowest BCUT2D eigenvalue weighted by molar-refractivity contribution is 0.0997. The standard InChI is InChI=1S/C13H18BrFN2O2/c1-7(3-8(2)18)6-17-11-5-9(14)4-10(15)12(11)13(16)19/h4-5,7-8,17-18H,3,6H2,1-2H3,(H2,16,19)/t7-,8+/m1/s1. The van der Waals surface area contributed by atoms with Crippen molar-refractivity contribution in [2.24, 2.45) is 11.7 Å². The average Bonchev–Trinajstić information content (AvgIpc) is 2.23. The summed E-state index contributed by atoms with van der Waals surface area (Å²) in [6, 6.07) is 2.81. The first-order valence-electron chi connectivity index (χ1n) is 6.02. The van der Waals surface area contributed by atoms with E-state index in [2.05, 4.69) is 21.2 Å². The third-order valence-electron chi connectivity index (χ3n) is 2.69. The van der Waals surface area contributed by atoms with Gasteiger partial charge in [0.05, 0.1) is 17.4 Å². The second-order valence-corrected chi connectivity index (χ2v) is 5.66. The molecule has 1 amide bonds. The van der Waals surface area contributed by atoms with Gasteiger partial charge in [-0.1, -0.05) is 22.9 Å². The Kier molecular flexibility index (Phi) is 5.75. The molecular formula is C13H18BrFN2O2. The summed E-state index contributed by atoms with van der Waals surface area (Å²) in [4.78, 5) is 11.3. The van der Waals surface area contributed by atoms with Crippen LogP contribution in [0.2, 0.25) is 0 Å². The molecule has 2 atom stereocenters. The molecule has 0 radical (unpaired) electrons. The molecule has 4 N–H and O–H groups in total. The van der Waals surface area contributed by atoms with Gasteiger partial charge in [-0.15, -0.1) is 0 Å². The Morgan fingerprint density at radius 1 is 1.53 bits per heavy atom. The number of carbonyl (C=O) groups excluding carboxylic acids is 1. The molecule has 0 saturated carbocycles. The number of hydrogen-bond donors (Lipinski definition) is 3. The molecule has 0 bridgehead atoms. The molecule has 4 nitrogen and oxygen atoms in total. The fourth-order valence-electron chi connectivity index (χ4n) is 1.91. The second-order valence-electron chi connectivity index (χ2n) is 4.75. The van der Waals surface area contributed by atoms with Crippen molar-refractivity contribution >= 4 is 27.5 Å². The van der Waals surface area contributed by atoms with Crippen molar-refractivity contribution in [2.75, 3.05) is 11.9 Å². The van der Waals surface area contributed by atoms with Crippen LogP contribution in [-0.2, 0) is 0 Å². The lowest BCUT2D eigenvalue weighted by atomic mass is 10.0. The Balaban J connectivity index is 2.85. The molecule has 1 aromatic carbocycles.